The molecule has 0 saturated heterocycles. The van der Waals surface area contributed by atoms with Crippen molar-refractivity contribution in [1.82, 2.24) is 4.98 Å². The summed E-state index contributed by atoms with van der Waals surface area (Å²) in [5.41, 5.74) is 6.03. The number of aromatic nitrogens is 1. The number of ether oxygens (including phenoxy) is 1. The summed E-state index contributed by atoms with van der Waals surface area (Å²) in [6.45, 7) is 0. The van der Waals surface area contributed by atoms with Gasteiger partial charge in [-0.25, -0.2) is 0 Å². The number of carbonyl (C=O) groups is 1. The quantitative estimate of drug-likeness (QED) is 0.710. The summed E-state index contributed by atoms with van der Waals surface area (Å²) in [6.07, 6.45) is 1.82. The highest BCUT2D eigenvalue weighted by Gasteiger charge is 2.13. The van der Waals surface area contributed by atoms with E-state index in [0.717, 1.165) is 0 Å². The van der Waals surface area contributed by atoms with Crippen molar-refractivity contribution in [2.24, 2.45) is 5.73 Å². The van der Waals surface area contributed by atoms with Crippen molar-refractivity contribution in [1.29, 1.82) is 0 Å². The predicted molar refractivity (Wildman–Crippen MR) is 58.0 cm³/mol. The van der Waals surface area contributed by atoms with E-state index < -0.39 is 12.0 Å². The molecule has 0 fully saturated rings. The highest BCUT2D eigenvalue weighted by atomic mass is 35.5. The number of hydrogen-bond donors (Lipinski definition) is 2. The van der Waals surface area contributed by atoms with E-state index in [2.05, 4.69) is 9.72 Å². The standard InChI is InChI=1S/C9H12N2O3.ClH/c1-14-9(13)7(10)4-6-2-3-11-8(12)5-6;/h2-3,5,7H,4,10H2,1H3,(H,11,12);1H/t7-;/m0./s1. The van der Waals surface area contributed by atoms with Gasteiger partial charge in [0.25, 0.3) is 0 Å². The van der Waals surface area contributed by atoms with Gasteiger partial charge in [-0.3, -0.25) is 9.59 Å². The molecule has 0 spiro atoms. The minimum Gasteiger partial charge on any atom is -0.468 e. The van der Waals surface area contributed by atoms with Gasteiger partial charge in [-0.15, -0.1) is 12.4 Å². The molecule has 0 aromatic carbocycles. The molecule has 5 nitrogen and oxygen atoms in total. The van der Waals surface area contributed by atoms with Crippen molar-refractivity contribution in [3.05, 3.63) is 34.2 Å². The minimum atomic E-state index is -0.721. The lowest BCUT2D eigenvalue weighted by Crippen LogP contribution is -2.33. The second-order valence-corrected chi connectivity index (χ2v) is 2.89. The van der Waals surface area contributed by atoms with Crippen molar-refractivity contribution in [2.45, 2.75) is 12.5 Å². The van der Waals surface area contributed by atoms with Gasteiger partial charge in [0.2, 0.25) is 5.56 Å². The molecule has 15 heavy (non-hydrogen) atoms. The number of rotatable bonds is 3. The number of carbonyl (C=O) groups excluding carboxylic acids is 1. The molecule has 0 bridgehead atoms. The zero-order valence-electron chi connectivity index (χ0n) is 8.23. The Balaban J connectivity index is 0.00000196. The molecular formula is C9H13ClN2O3. The van der Waals surface area contributed by atoms with E-state index >= 15 is 0 Å². The number of nitrogens with two attached hydrogens (primary N) is 1. The topological polar surface area (TPSA) is 85.2 Å². The zero-order valence-corrected chi connectivity index (χ0v) is 9.04. The van der Waals surface area contributed by atoms with Crippen molar-refractivity contribution in [3.8, 4) is 0 Å². The molecule has 0 radical (unpaired) electrons. The van der Waals surface area contributed by atoms with E-state index in [-0.39, 0.29) is 18.0 Å². The molecule has 3 N–H and O–H groups in total. The molecule has 0 aliphatic rings. The Morgan fingerprint density at radius 3 is 2.87 bits per heavy atom. The van der Waals surface area contributed by atoms with Crippen LogP contribution in [0.3, 0.4) is 0 Å². The van der Waals surface area contributed by atoms with Gasteiger partial charge in [-0.2, -0.15) is 0 Å². The van der Waals surface area contributed by atoms with Gasteiger partial charge < -0.3 is 15.5 Å². The minimum absolute atomic E-state index is 0. The van der Waals surface area contributed by atoms with E-state index in [1.165, 1.54) is 19.4 Å². The first-order chi connectivity index (χ1) is 6.63. The van der Waals surface area contributed by atoms with Crippen LogP contribution in [0.1, 0.15) is 5.56 Å². The molecule has 1 heterocycles. The third-order valence-corrected chi connectivity index (χ3v) is 1.80. The van der Waals surface area contributed by atoms with Crippen LogP contribution in [0.4, 0.5) is 0 Å². The number of pyridine rings is 1. The van der Waals surface area contributed by atoms with Gasteiger partial charge in [0.05, 0.1) is 7.11 Å². The number of methoxy groups -OCH3 is 1. The fraction of sp³-hybridized carbons (Fsp3) is 0.333. The molecule has 84 valence electrons. The average Bonchev–Trinajstić information content (AvgIpc) is 2.16. The Kier molecular flexibility index (Phi) is 5.66. The molecule has 0 saturated carbocycles. The van der Waals surface area contributed by atoms with Crippen LogP contribution in [0.25, 0.3) is 0 Å². The lowest BCUT2D eigenvalue weighted by molar-refractivity contribution is -0.142. The summed E-state index contributed by atoms with van der Waals surface area (Å²) in [6, 6.07) is 2.38. The molecule has 1 aromatic rings. The predicted octanol–water partition coefficient (Wildman–Crippen LogP) is -0.161. The van der Waals surface area contributed by atoms with Gasteiger partial charge >= 0.3 is 5.97 Å². The van der Waals surface area contributed by atoms with Crippen LogP contribution >= 0.6 is 12.4 Å². The Hall–Kier alpha value is -1.33. The maximum Gasteiger partial charge on any atom is 0.322 e. The monoisotopic (exact) mass is 232 g/mol. The first-order valence-electron chi connectivity index (χ1n) is 4.14. The highest BCUT2D eigenvalue weighted by molar-refractivity contribution is 5.85. The maximum absolute atomic E-state index is 11.0. The third kappa shape index (κ3) is 4.14. The van der Waals surface area contributed by atoms with Crippen molar-refractivity contribution < 1.29 is 9.53 Å². The molecule has 0 unspecified atom stereocenters. The normalized spacial score (nSPS) is 11.3. The first kappa shape index (κ1) is 13.7. The van der Waals surface area contributed by atoms with Crippen LogP contribution in [0.5, 0.6) is 0 Å². The molecule has 6 heteroatoms. The van der Waals surface area contributed by atoms with Crippen molar-refractivity contribution in [3.63, 3.8) is 0 Å². The summed E-state index contributed by atoms with van der Waals surface area (Å²) in [4.78, 5) is 24.3. The largest absolute Gasteiger partial charge is 0.468 e. The zero-order chi connectivity index (χ0) is 10.6. The number of esters is 1. The number of hydrogen-bond acceptors (Lipinski definition) is 4. The smallest absolute Gasteiger partial charge is 0.322 e. The van der Waals surface area contributed by atoms with Crippen molar-refractivity contribution >= 4 is 18.4 Å². The van der Waals surface area contributed by atoms with Crippen LogP contribution in [0, 0.1) is 0 Å². The van der Waals surface area contributed by atoms with E-state index in [0.29, 0.717) is 12.0 Å². The van der Waals surface area contributed by atoms with Crippen molar-refractivity contribution in [2.75, 3.05) is 7.11 Å². The van der Waals surface area contributed by atoms with Gasteiger partial charge in [-0.05, 0) is 18.1 Å². The lowest BCUT2D eigenvalue weighted by Gasteiger charge is -2.08. The van der Waals surface area contributed by atoms with Crippen LogP contribution in [-0.2, 0) is 16.0 Å². The Labute approximate surface area is 93.0 Å². The van der Waals surface area contributed by atoms with Gasteiger partial charge in [-0.1, -0.05) is 0 Å². The van der Waals surface area contributed by atoms with E-state index in [9.17, 15) is 9.59 Å². The Bertz CT molecular complexity index is 378. The summed E-state index contributed by atoms with van der Waals surface area (Å²) in [5.74, 6) is -0.481. The summed E-state index contributed by atoms with van der Waals surface area (Å²) >= 11 is 0. The summed E-state index contributed by atoms with van der Waals surface area (Å²) in [7, 11) is 1.28. The third-order valence-electron chi connectivity index (χ3n) is 1.80. The highest BCUT2D eigenvalue weighted by Crippen LogP contribution is 1.98. The number of aromatic amines is 1. The second-order valence-electron chi connectivity index (χ2n) is 2.89. The van der Waals surface area contributed by atoms with Gasteiger partial charge in [0.15, 0.2) is 0 Å². The molecule has 0 aliphatic heterocycles. The molecule has 1 rings (SSSR count). The van der Waals surface area contributed by atoms with Crippen LogP contribution in [0.2, 0.25) is 0 Å². The van der Waals surface area contributed by atoms with Gasteiger partial charge in [0.1, 0.15) is 6.04 Å². The maximum atomic E-state index is 11.0. The molecule has 0 aliphatic carbocycles. The first-order valence-corrected chi connectivity index (χ1v) is 4.14. The number of H-pyrrole nitrogens is 1. The lowest BCUT2D eigenvalue weighted by atomic mass is 10.1. The van der Waals surface area contributed by atoms with E-state index in [4.69, 9.17) is 5.73 Å². The number of halogens is 1. The van der Waals surface area contributed by atoms with E-state index in [1.807, 2.05) is 0 Å². The molecule has 0 amide bonds. The fourth-order valence-electron chi connectivity index (χ4n) is 1.10. The molecule has 1 atom stereocenters. The Morgan fingerprint density at radius 2 is 2.33 bits per heavy atom. The SMILES string of the molecule is COC(=O)[C@@H](N)Cc1cc[nH]c(=O)c1.Cl. The van der Waals surface area contributed by atoms with Crippen LogP contribution in [-0.4, -0.2) is 24.1 Å². The molecular weight excluding hydrogens is 220 g/mol. The molecule has 1 aromatic heterocycles. The second kappa shape index (κ2) is 6.21. The summed E-state index contributed by atoms with van der Waals surface area (Å²) < 4.78 is 4.46. The Morgan fingerprint density at radius 1 is 1.67 bits per heavy atom. The average molecular weight is 233 g/mol. The number of nitrogens with one attached hydrogen (secondary N) is 1. The summed E-state index contributed by atoms with van der Waals surface area (Å²) in [5, 5.41) is 0. The fourth-order valence-corrected chi connectivity index (χ4v) is 1.10. The van der Waals surface area contributed by atoms with Crippen LogP contribution in [0.15, 0.2) is 23.1 Å². The van der Waals surface area contributed by atoms with E-state index in [1.54, 1.807) is 6.07 Å². The van der Waals surface area contributed by atoms with Gasteiger partial charge in [0, 0.05) is 12.3 Å². The van der Waals surface area contributed by atoms with Crippen LogP contribution < -0.4 is 11.3 Å².